The average Bonchev–Trinajstić information content (AvgIpc) is 2.67. The molecule has 1 unspecified atom stereocenters. The number of anilines is 1. The summed E-state index contributed by atoms with van der Waals surface area (Å²) in [4.78, 5) is 0. The molecule has 0 aliphatic heterocycles. The highest BCUT2D eigenvalue weighted by Crippen LogP contribution is 2.27. The summed E-state index contributed by atoms with van der Waals surface area (Å²) in [5.41, 5.74) is 9.35. The normalized spacial score (nSPS) is 12.6. The van der Waals surface area contributed by atoms with Crippen molar-refractivity contribution in [3.8, 4) is 5.69 Å². The van der Waals surface area contributed by atoms with Gasteiger partial charge < -0.3 is 5.73 Å². The molecular weight excluding hydrogens is 210 g/mol. The van der Waals surface area contributed by atoms with Crippen LogP contribution in [0, 0.1) is 6.92 Å². The molecule has 1 atom stereocenters. The summed E-state index contributed by atoms with van der Waals surface area (Å²) in [6.45, 7) is 6.40. The number of nitrogens with two attached hydrogens (primary N) is 1. The third kappa shape index (κ3) is 2.05. The van der Waals surface area contributed by atoms with Crippen LogP contribution in [0.4, 0.5) is 5.82 Å². The summed E-state index contributed by atoms with van der Waals surface area (Å²) in [5, 5.41) is 4.64. The van der Waals surface area contributed by atoms with E-state index in [1.54, 1.807) is 0 Å². The zero-order valence-corrected chi connectivity index (χ0v) is 10.6. The molecule has 0 spiro atoms. The van der Waals surface area contributed by atoms with E-state index in [-0.39, 0.29) is 0 Å². The molecule has 0 amide bonds. The topological polar surface area (TPSA) is 43.8 Å². The van der Waals surface area contributed by atoms with Crippen molar-refractivity contribution in [1.29, 1.82) is 0 Å². The summed E-state index contributed by atoms with van der Waals surface area (Å²) in [5.74, 6) is 1.19. The second kappa shape index (κ2) is 4.62. The van der Waals surface area contributed by atoms with Gasteiger partial charge in [0.25, 0.3) is 0 Å². The van der Waals surface area contributed by atoms with Crippen LogP contribution >= 0.6 is 0 Å². The van der Waals surface area contributed by atoms with Crippen LogP contribution in [0.15, 0.2) is 30.3 Å². The molecular formula is C14H19N3. The molecule has 2 rings (SSSR count). The number of aromatic nitrogens is 2. The largest absolute Gasteiger partial charge is 0.383 e. The van der Waals surface area contributed by atoms with Gasteiger partial charge in [-0.2, -0.15) is 5.10 Å². The maximum atomic E-state index is 6.13. The van der Waals surface area contributed by atoms with Crippen LogP contribution in [-0.2, 0) is 0 Å². The molecule has 90 valence electrons. The minimum Gasteiger partial charge on any atom is -0.383 e. The van der Waals surface area contributed by atoms with E-state index in [0.29, 0.717) is 5.92 Å². The predicted octanol–water partition coefficient (Wildman–Crippen LogP) is 3.28. The molecule has 2 aromatic rings. The van der Waals surface area contributed by atoms with E-state index in [9.17, 15) is 0 Å². The van der Waals surface area contributed by atoms with Gasteiger partial charge in [-0.25, -0.2) is 4.68 Å². The fourth-order valence-electron chi connectivity index (χ4n) is 1.95. The third-order valence-electron chi connectivity index (χ3n) is 3.28. The van der Waals surface area contributed by atoms with Crippen molar-refractivity contribution in [3.63, 3.8) is 0 Å². The van der Waals surface area contributed by atoms with Crippen LogP contribution in [0.2, 0.25) is 0 Å². The third-order valence-corrected chi connectivity index (χ3v) is 3.28. The molecule has 0 saturated heterocycles. The van der Waals surface area contributed by atoms with E-state index in [1.165, 1.54) is 0 Å². The van der Waals surface area contributed by atoms with Gasteiger partial charge in [-0.3, -0.25) is 0 Å². The minimum absolute atomic E-state index is 0.447. The first kappa shape index (κ1) is 11.7. The van der Waals surface area contributed by atoms with Crippen molar-refractivity contribution in [1.82, 2.24) is 9.78 Å². The summed E-state index contributed by atoms with van der Waals surface area (Å²) < 4.78 is 1.83. The number of rotatable bonds is 3. The molecule has 3 nitrogen and oxygen atoms in total. The van der Waals surface area contributed by atoms with E-state index < -0.39 is 0 Å². The van der Waals surface area contributed by atoms with Crippen LogP contribution < -0.4 is 5.73 Å². The van der Waals surface area contributed by atoms with E-state index in [2.05, 4.69) is 18.9 Å². The van der Waals surface area contributed by atoms with Crippen LogP contribution in [0.5, 0.6) is 0 Å². The number of para-hydroxylation sites is 1. The Morgan fingerprint density at radius 3 is 2.53 bits per heavy atom. The SMILES string of the molecule is CCC(C)c1nn(-c2ccccc2)c(N)c1C. The molecule has 0 aliphatic carbocycles. The first-order chi connectivity index (χ1) is 8.15. The summed E-state index contributed by atoms with van der Waals surface area (Å²) in [6.07, 6.45) is 1.08. The van der Waals surface area contributed by atoms with Crippen molar-refractivity contribution in [2.75, 3.05) is 5.73 Å². The van der Waals surface area contributed by atoms with Crippen molar-refractivity contribution in [2.24, 2.45) is 0 Å². The number of hydrogen-bond acceptors (Lipinski definition) is 2. The van der Waals surface area contributed by atoms with Crippen LogP contribution in [-0.4, -0.2) is 9.78 Å². The van der Waals surface area contributed by atoms with Crippen LogP contribution in [0.25, 0.3) is 5.69 Å². The lowest BCUT2D eigenvalue weighted by atomic mass is 10.0. The molecule has 1 heterocycles. The molecule has 0 fully saturated rings. The van der Waals surface area contributed by atoms with Gasteiger partial charge in [0.15, 0.2) is 0 Å². The van der Waals surface area contributed by atoms with Gasteiger partial charge >= 0.3 is 0 Å². The van der Waals surface area contributed by atoms with Crippen molar-refractivity contribution in [2.45, 2.75) is 33.1 Å². The monoisotopic (exact) mass is 229 g/mol. The highest BCUT2D eigenvalue weighted by atomic mass is 15.3. The van der Waals surface area contributed by atoms with Crippen molar-refractivity contribution in [3.05, 3.63) is 41.6 Å². The molecule has 0 aliphatic rings. The molecule has 17 heavy (non-hydrogen) atoms. The number of benzene rings is 1. The first-order valence-corrected chi connectivity index (χ1v) is 6.05. The zero-order valence-electron chi connectivity index (χ0n) is 10.6. The second-order valence-electron chi connectivity index (χ2n) is 4.45. The fraction of sp³-hybridized carbons (Fsp3) is 0.357. The quantitative estimate of drug-likeness (QED) is 0.877. The summed E-state index contributed by atoms with van der Waals surface area (Å²) in [6, 6.07) is 10.0. The first-order valence-electron chi connectivity index (χ1n) is 6.05. The smallest absolute Gasteiger partial charge is 0.130 e. The number of nitrogens with zero attached hydrogens (tertiary/aromatic N) is 2. The van der Waals surface area contributed by atoms with Gasteiger partial charge in [-0.05, 0) is 25.5 Å². The van der Waals surface area contributed by atoms with E-state index in [1.807, 2.05) is 41.9 Å². The Kier molecular flexibility index (Phi) is 3.18. The van der Waals surface area contributed by atoms with Gasteiger partial charge in [-0.15, -0.1) is 0 Å². The minimum atomic E-state index is 0.447. The zero-order chi connectivity index (χ0) is 12.4. The van der Waals surface area contributed by atoms with E-state index in [0.717, 1.165) is 29.2 Å². The average molecular weight is 229 g/mol. The Hall–Kier alpha value is -1.77. The van der Waals surface area contributed by atoms with E-state index >= 15 is 0 Å². The maximum Gasteiger partial charge on any atom is 0.130 e. The number of hydrogen-bond donors (Lipinski definition) is 1. The molecule has 2 N–H and O–H groups in total. The van der Waals surface area contributed by atoms with Crippen LogP contribution in [0.1, 0.15) is 37.4 Å². The lowest BCUT2D eigenvalue weighted by Gasteiger charge is -2.05. The molecule has 0 saturated carbocycles. The Bertz CT molecular complexity index is 500. The van der Waals surface area contributed by atoms with Gasteiger partial charge in [-0.1, -0.05) is 32.0 Å². The molecule has 0 bridgehead atoms. The number of nitrogen functional groups attached to an aromatic ring is 1. The van der Waals surface area contributed by atoms with Crippen LogP contribution in [0.3, 0.4) is 0 Å². The highest BCUT2D eigenvalue weighted by Gasteiger charge is 2.16. The predicted molar refractivity (Wildman–Crippen MR) is 71.4 cm³/mol. The van der Waals surface area contributed by atoms with Gasteiger partial charge in [0.2, 0.25) is 0 Å². The van der Waals surface area contributed by atoms with Crippen molar-refractivity contribution >= 4 is 5.82 Å². The second-order valence-corrected chi connectivity index (χ2v) is 4.45. The summed E-state index contributed by atoms with van der Waals surface area (Å²) in [7, 11) is 0. The van der Waals surface area contributed by atoms with E-state index in [4.69, 9.17) is 5.73 Å². The highest BCUT2D eigenvalue weighted by molar-refractivity contribution is 5.49. The lowest BCUT2D eigenvalue weighted by molar-refractivity contribution is 0.685. The lowest BCUT2D eigenvalue weighted by Crippen LogP contribution is -2.02. The van der Waals surface area contributed by atoms with Gasteiger partial charge in [0.05, 0.1) is 11.4 Å². The maximum absolute atomic E-state index is 6.13. The fourth-order valence-corrected chi connectivity index (χ4v) is 1.95. The summed E-state index contributed by atoms with van der Waals surface area (Å²) >= 11 is 0. The Balaban J connectivity index is 2.50. The molecule has 1 aromatic carbocycles. The Morgan fingerprint density at radius 2 is 1.94 bits per heavy atom. The Morgan fingerprint density at radius 1 is 1.29 bits per heavy atom. The van der Waals surface area contributed by atoms with Gasteiger partial charge in [0.1, 0.15) is 5.82 Å². The molecule has 1 aromatic heterocycles. The molecule has 0 radical (unpaired) electrons. The molecule has 3 heteroatoms. The standard InChI is InChI=1S/C14H19N3/c1-4-10(2)13-11(3)14(15)17(16-13)12-8-6-5-7-9-12/h5-10H,4,15H2,1-3H3. The van der Waals surface area contributed by atoms with Gasteiger partial charge in [0, 0.05) is 11.5 Å². The van der Waals surface area contributed by atoms with Crippen molar-refractivity contribution < 1.29 is 0 Å². The Labute approximate surface area is 102 Å².